The predicted octanol–water partition coefficient (Wildman–Crippen LogP) is 3.56. The molecule has 9 heteroatoms. The van der Waals surface area contributed by atoms with Gasteiger partial charge in [-0.3, -0.25) is 9.69 Å². The number of ether oxygens (including phenoxy) is 1. The maximum Gasteiger partial charge on any atom is 0.318 e. The minimum Gasteiger partial charge on any atom is -0.379 e. The Morgan fingerprint density at radius 1 is 1.14 bits per heavy atom. The first-order chi connectivity index (χ1) is 17.8. The Morgan fingerprint density at radius 2 is 1.84 bits per heavy atom. The predicted molar refractivity (Wildman–Crippen MR) is 141 cm³/mol. The number of aryl methyl sites for hydroxylation is 1. The van der Waals surface area contributed by atoms with Crippen LogP contribution in [0.5, 0.6) is 0 Å². The molecule has 2 aliphatic heterocycles. The second-order valence-corrected chi connectivity index (χ2v) is 9.88. The van der Waals surface area contributed by atoms with E-state index < -0.39 is 0 Å². The van der Waals surface area contributed by atoms with E-state index in [2.05, 4.69) is 15.3 Å². The molecule has 2 aromatic carbocycles. The van der Waals surface area contributed by atoms with Gasteiger partial charge in [-0.05, 0) is 32.4 Å². The van der Waals surface area contributed by atoms with Crippen LogP contribution in [0.4, 0.5) is 9.18 Å². The zero-order valence-corrected chi connectivity index (χ0v) is 21.8. The quantitative estimate of drug-likeness (QED) is 0.590. The van der Waals surface area contributed by atoms with Gasteiger partial charge in [-0.2, -0.15) is 5.10 Å². The first-order valence-electron chi connectivity index (χ1n) is 12.9. The maximum atomic E-state index is 14.6. The van der Waals surface area contributed by atoms with Crippen molar-refractivity contribution in [2.45, 2.75) is 39.3 Å². The summed E-state index contributed by atoms with van der Waals surface area (Å²) in [5.41, 5.74) is 2.93. The van der Waals surface area contributed by atoms with Crippen molar-refractivity contribution in [3.8, 4) is 0 Å². The van der Waals surface area contributed by atoms with Gasteiger partial charge in [0.1, 0.15) is 12.4 Å². The highest BCUT2D eigenvalue weighted by atomic mass is 19.1. The number of halogens is 1. The van der Waals surface area contributed by atoms with Gasteiger partial charge < -0.3 is 15.0 Å². The molecule has 198 valence electrons. The molecule has 0 spiro atoms. The molecule has 1 fully saturated rings. The van der Waals surface area contributed by atoms with E-state index in [1.807, 2.05) is 45.0 Å². The second-order valence-electron chi connectivity index (χ2n) is 9.88. The average Bonchev–Trinajstić information content (AvgIpc) is 3.32. The number of hydrogen-bond donors (Lipinski definition) is 1. The molecule has 0 aliphatic carbocycles. The van der Waals surface area contributed by atoms with Crippen LogP contribution in [0.3, 0.4) is 0 Å². The van der Waals surface area contributed by atoms with Crippen molar-refractivity contribution in [3.63, 3.8) is 0 Å². The molecule has 1 N–H and O–H groups in total. The van der Waals surface area contributed by atoms with Crippen LogP contribution in [0.1, 0.15) is 43.0 Å². The monoisotopic (exact) mass is 509 g/mol. The van der Waals surface area contributed by atoms with Crippen molar-refractivity contribution < 1.29 is 18.7 Å². The Balaban J connectivity index is 1.56. The third kappa shape index (κ3) is 6.93. The summed E-state index contributed by atoms with van der Waals surface area (Å²) in [7, 11) is 0. The summed E-state index contributed by atoms with van der Waals surface area (Å²) in [5.74, 6) is -0.681. The van der Waals surface area contributed by atoms with Crippen molar-refractivity contribution in [1.82, 2.24) is 20.1 Å². The van der Waals surface area contributed by atoms with E-state index in [9.17, 15) is 14.0 Å². The fraction of sp³-hybridized carbons (Fsp3) is 0.464. The molecular formula is C28H36FN5O3. The number of hydrogen-bond acceptors (Lipinski definition) is 5. The normalized spacial score (nSPS) is 18.1. The van der Waals surface area contributed by atoms with Gasteiger partial charge in [0.15, 0.2) is 0 Å². The molecule has 0 aromatic heterocycles. The van der Waals surface area contributed by atoms with Gasteiger partial charge in [0, 0.05) is 44.2 Å². The minimum absolute atomic E-state index is 0.0636. The molecular weight excluding hydrogens is 473 g/mol. The number of urea groups is 1. The lowest BCUT2D eigenvalue weighted by Gasteiger charge is -2.31. The standard InChI is InChI=1S/C28H36FN5O3/c1-20(2)30-28(36)33(13-12-32-14-16-37-17-15-32)19-27(35)34-26(22-10-8-21(3)9-11-22)18-25(31-34)23-6-4-5-7-24(23)29/h4-11,20,26H,12-19H2,1-3H3,(H,30,36)/t26-/m0/s1. The molecule has 37 heavy (non-hydrogen) atoms. The van der Waals surface area contributed by atoms with Crippen molar-refractivity contribution in [1.29, 1.82) is 0 Å². The summed E-state index contributed by atoms with van der Waals surface area (Å²) in [6, 6.07) is 13.7. The van der Waals surface area contributed by atoms with Gasteiger partial charge in [-0.1, -0.05) is 48.0 Å². The van der Waals surface area contributed by atoms with E-state index in [0.717, 1.165) is 24.2 Å². The van der Waals surface area contributed by atoms with E-state index in [-0.39, 0.29) is 36.4 Å². The summed E-state index contributed by atoms with van der Waals surface area (Å²) < 4.78 is 20.0. The molecule has 2 aliphatic rings. The number of nitrogens with one attached hydrogen (secondary N) is 1. The van der Waals surface area contributed by atoms with Gasteiger partial charge in [0.05, 0.1) is 25.0 Å². The topological polar surface area (TPSA) is 77.5 Å². The lowest BCUT2D eigenvalue weighted by Crippen LogP contribution is -2.50. The number of carbonyl (C=O) groups excluding carboxylic acids is 2. The van der Waals surface area contributed by atoms with Crippen LogP contribution >= 0.6 is 0 Å². The molecule has 0 unspecified atom stereocenters. The second kappa shape index (κ2) is 12.3. The molecule has 1 atom stereocenters. The summed E-state index contributed by atoms with van der Waals surface area (Å²) in [6.45, 7) is 9.62. The van der Waals surface area contributed by atoms with E-state index in [0.29, 0.717) is 44.0 Å². The number of morpholine rings is 1. The van der Waals surface area contributed by atoms with Crippen LogP contribution in [-0.4, -0.2) is 84.4 Å². The Hall–Kier alpha value is -3.30. The third-order valence-electron chi connectivity index (χ3n) is 6.63. The van der Waals surface area contributed by atoms with Crippen LogP contribution < -0.4 is 5.32 Å². The molecule has 0 bridgehead atoms. The van der Waals surface area contributed by atoms with E-state index in [1.165, 1.54) is 11.1 Å². The van der Waals surface area contributed by atoms with Gasteiger partial charge >= 0.3 is 6.03 Å². The molecule has 2 heterocycles. The van der Waals surface area contributed by atoms with Gasteiger partial charge in [0.25, 0.3) is 5.91 Å². The van der Waals surface area contributed by atoms with Gasteiger partial charge in [0.2, 0.25) is 0 Å². The summed E-state index contributed by atoms with van der Waals surface area (Å²) >= 11 is 0. The van der Waals surface area contributed by atoms with E-state index >= 15 is 0 Å². The number of benzene rings is 2. The highest BCUT2D eigenvalue weighted by Crippen LogP contribution is 2.33. The molecule has 2 aromatic rings. The van der Waals surface area contributed by atoms with Crippen LogP contribution in [-0.2, 0) is 9.53 Å². The minimum atomic E-state index is -0.378. The Bertz CT molecular complexity index is 1120. The summed E-state index contributed by atoms with van der Waals surface area (Å²) in [4.78, 5) is 30.5. The van der Waals surface area contributed by atoms with Crippen LogP contribution in [0.25, 0.3) is 0 Å². The van der Waals surface area contributed by atoms with Crippen molar-refractivity contribution >= 4 is 17.6 Å². The molecule has 3 amide bonds. The van der Waals surface area contributed by atoms with Crippen LogP contribution in [0, 0.1) is 12.7 Å². The zero-order chi connectivity index (χ0) is 26.4. The summed E-state index contributed by atoms with van der Waals surface area (Å²) in [5, 5.41) is 8.93. The number of carbonyl (C=O) groups is 2. The maximum absolute atomic E-state index is 14.6. The first kappa shape index (κ1) is 26.8. The van der Waals surface area contributed by atoms with Gasteiger partial charge in [-0.15, -0.1) is 0 Å². The number of rotatable bonds is 8. The lowest BCUT2D eigenvalue weighted by atomic mass is 9.97. The SMILES string of the molecule is Cc1ccc([C@@H]2CC(c3ccccc3F)=NN2C(=O)CN(CCN2CCOCC2)C(=O)NC(C)C)cc1. The Labute approximate surface area is 218 Å². The van der Waals surface area contributed by atoms with Crippen LogP contribution in [0.15, 0.2) is 53.6 Å². The van der Waals surface area contributed by atoms with E-state index in [4.69, 9.17) is 4.74 Å². The Kier molecular flexibility index (Phi) is 8.89. The van der Waals surface area contributed by atoms with Crippen molar-refractivity contribution in [2.24, 2.45) is 5.10 Å². The molecule has 0 saturated carbocycles. The number of amides is 3. The average molecular weight is 510 g/mol. The van der Waals surface area contributed by atoms with Crippen molar-refractivity contribution in [2.75, 3.05) is 45.9 Å². The van der Waals surface area contributed by atoms with Crippen LogP contribution in [0.2, 0.25) is 0 Å². The highest BCUT2D eigenvalue weighted by molar-refractivity contribution is 6.03. The van der Waals surface area contributed by atoms with Crippen molar-refractivity contribution in [3.05, 3.63) is 71.0 Å². The zero-order valence-electron chi connectivity index (χ0n) is 21.8. The third-order valence-corrected chi connectivity index (χ3v) is 6.63. The summed E-state index contributed by atoms with van der Waals surface area (Å²) in [6.07, 6.45) is 0.391. The largest absolute Gasteiger partial charge is 0.379 e. The highest BCUT2D eigenvalue weighted by Gasteiger charge is 2.35. The molecule has 8 nitrogen and oxygen atoms in total. The number of nitrogens with zero attached hydrogens (tertiary/aromatic N) is 4. The molecule has 0 radical (unpaired) electrons. The fourth-order valence-electron chi connectivity index (χ4n) is 4.56. The molecule has 4 rings (SSSR count). The van der Waals surface area contributed by atoms with E-state index in [1.54, 1.807) is 23.1 Å². The number of hydrazone groups is 1. The van der Waals surface area contributed by atoms with Gasteiger partial charge in [-0.25, -0.2) is 14.2 Å². The lowest BCUT2D eigenvalue weighted by molar-refractivity contribution is -0.133. The molecule has 1 saturated heterocycles. The fourth-order valence-corrected chi connectivity index (χ4v) is 4.56. The smallest absolute Gasteiger partial charge is 0.318 e. The Morgan fingerprint density at radius 3 is 2.51 bits per heavy atom. The first-order valence-corrected chi connectivity index (χ1v) is 12.9.